The first kappa shape index (κ1) is 14.1. The van der Waals surface area contributed by atoms with E-state index in [4.69, 9.17) is 0 Å². The topological polar surface area (TPSA) is 64.0 Å². The zero-order valence-corrected chi connectivity index (χ0v) is 13.2. The number of anilines is 1. The second-order valence-electron chi connectivity index (χ2n) is 4.31. The van der Waals surface area contributed by atoms with Gasteiger partial charge in [-0.05, 0) is 47.5 Å². The van der Waals surface area contributed by atoms with E-state index in [1.54, 1.807) is 20.0 Å². The van der Waals surface area contributed by atoms with Crippen LogP contribution in [0.3, 0.4) is 0 Å². The first-order chi connectivity index (χ1) is 8.81. The molecule has 0 atom stereocenters. The molecule has 1 aromatic heterocycles. The van der Waals surface area contributed by atoms with Gasteiger partial charge in [0.15, 0.2) is 0 Å². The molecule has 1 aromatic carbocycles. The smallest absolute Gasteiger partial charge is 0.265 e. The van der Waals surface area contributed by atoms with E-state index in [0.29, 0.717) is 15.9 Å². The molecule has 0 saturated carbocycles. The van der Waals surface area contributed by atoms with Gasteiger partial charge < -0.3 is 0 Å². The number of halogens is 1. The number of hydrogen-bond donors (Lipinski definition) is 1. The van der Waals surface area contributed by atoms with Crippen molar-refractivity contribution in [2.24, 2.45) is 7.05 Å². The van der Waals surface area contributed by atoms with E-state index in [1.165, 1.54) is 10.9 Å². The van der Waals surface area contributed by atoms with Gasteiger partial charge in [-0.3, -0.25) is 9.40 Å². The Morgan fingerprint density at radius 3 is 2.53 bits per heavy atom. The standard InChI is InChI=1S/C12H14BrN3O2S/c1-8-4-5-11(10(13)6-8)15-19(17,18)12-7-14-16(3)9(12)2/h4-7,15H,1-3H3. The number of rotatable bonds is 3. The first-order valence-corrected chi connectivity index (χ1v) is 7.86. The number of benzene rings is 1. The van der Waals surface area contributed by atoms with Crippen LogP contribution in [0.1, 0.15) is 11.3 Å². The highest BCUT2D eigenvalue weighted by atomic mass is 79.9. The maximum atomic E-state index is 12.3. The number of nitrogens with one attached hydrogen (secondary N) is 1. The molecule has 1 heterocycles. The van der Waals surface area contributed by atoms with Crippen LogP contribution in [0.5, 0.6) is 0 Å². The van der Waals surface area contributed by atoms with Gasteiger partial charge in [0, 0.05) is 11.5 Å². The van der Waals surface area contributed by atoms with E-state index < -0.39 is 10.0 Å². The molecule has 0 spiro atoms. The SMILES string of the molecule is Cc1ccc(NS(=O)(=O)c2cnn(C)c2C)c(Br)c1. The second kappa shape index (κ2) is 4.97. The molecule has 5 nitrogen and oxygen atoms in total. The summed E-state index contributed by atoms with van der Waals surface area (Å²) >= 11 is 3.35. The molecule has 0 saturated heterocycles. The molecule has 0 fully saturated rings. The Kier molecular flexibility index (Phi) is 3.69. The minimum Gasteiger partial charge on any atom is -0.278 e. The quantitative estimate of drug-likeness (QED) is 0.931. The highest BCUT2D eigenvalue weighted by Gasteiger charge is 2.20. The molecule has 0 radical (unpaired) electrons. The number of nitrogens with zero attached hydrogens (tertiary/aromatic N) is 2. The Bertz CT molecular complexity index is 723. The molecule has 19 heavy (non-hydrogen) atoms. The fourth-order valence-electron chi connectivity index (χ4n) is 1.65. The maximum absolute atomic E-state index is 12.3. The lowest BCUT2D eigenvalue weighted by molar-refractivity contribution is 0.600. The molecule has 2 rings (SSSR count). The average Bonchev–Trinajstić information content (AvgIpc) is 2.64. The minimum absolute atomic E-state index is 0.183. The van der Waals surface area contributed by atoms with Crippen LogP contribution in [0.4, 0.5) is 5.69 Å². The van der Waals surface area contributed by atoms with Gasteiger partial charge in [-0.2, -0.15) is 5.10 Å². The van der Waals surface area contributed by atoms with E-state index in [1.807, 2.05) is 19.1 Å². The summed E-state index contributed by atoms with van der Waals surface area (Å²) < 4.78 is 29.4. The highest BCUT2D eigenvalue weighted by Crippen LogP contribution is 2.26. The minimum atomic E-state index is -3.62. The van der Waals surface area contributed by atoms with Gasteiger partial charge in [-0.15, -0.1) is 0 Å². The fraction of sp³-hybridized carbons (Fsp3) is 0.250. The predicted octanol–water partition coefficient (Wildman–Crippen LogP) is 2.60. The van der Waals surface area contributed by atoms with Gasteiger partial charge in [0.1, 0.15) is 4.90 Å². The van der Waals surface area contributed by atoms with Crippen molar-refractivity contribution in [2.45, 2.75) is 18.7 Å². The van der Waals surface area contributed by atoms with Crippen molar-refractivity contribution in [1.29, 1.82) is 0 Å². The molecule has 0 unspecified atom stereocenters. The van der Waals surface area contributed by atoms with Crippen LogP contribution >= 0.6 is 15.9 Å². The van der Waals surface area contributed by atoms with E-state index >= 15 is 0 Å². The number of sulfonamides is 1. The molecule has 1 N–H and O–H groups in total. The number of hydrogen-bond acceptors (Lipinski definition) is 3. The van der Waals surface area contributed by atoms with Gasteiger partial charge in [0.2, 0.25) is 0 Å². The monoisotopic (exact) mass is 343 g/mol. The third-order valence-corrected chi connectivity index (χ3v) is 4.97. The molecule has 2 aromatic rings. The lowest BCUT2D eigenvalue weighted by Gasteiger charge is -2.09. The molecule has 102 valence electrons. The van der Waals surface area contributed by atoms with Crippen LogP contribution in [0.15, 0.2) is 33.8 Å². The molecular weight excluding hydrogens is 330 g/mol. The summed E-state index contributed by atoms with van der Waals surface area (Å²) in [7, 11) is -1.92. The predicted molar refractivity (Wildman–Crippen MR) is 77.6 cm³/mol. The molecule has 0 amide bonds. The number of aromatic nitrogens is 2. The lowest BCUT2D eigenvalue weighted by atomic mass is 10.2. The van der Waals surface area contributed by atoms with E-state index in [9.17, 15) is 8.42 Å². The van der Waals surface area contributed by atoms with Crippen molar-refractivity contribution in [3.8, 4) is 0 Å². The van der Waals surface area contributed by atoms with Gasteiger partial charge in [-0.1, -0.05) is 6.07 Å². The summed E-state index contributed by atoms with van der Waals surface area (Å²) in [6, 6.07) is 5.43. The van der Waals surface area contributed by atoms with Crippen molar-refractivity contribution in [1.82, 2.24) is 9.78 Å². The Labute approximate surface area is 120 Å². The van der Waals surface area contributed by atoms with Crippen molar-refractivity contribution in [3.63, 3.8) is 0 Å². The molecule has 0 aliphatic rings. The van der Waals surface area contributed by atoms with Gasteiger partial charge in [0.05, 0.1) is 17.6 Å². The largest absolute Gasteiger partial charge is 0.278 e. The third kappa shape index (κ3) is 2.82. The summed E-state index contributed by atoms with van der Waals surface area (Å²) in [5, 5.41) is 3.95. The summed E-state index contributed by atoms with van der Waals surface area (Å²) in [6.45, 7) is 3.65. The van der Waals surface area contributed by atoms with E-state index in [2.05, 4.69) is 25.8 Å². The number of aryl methyl sites for hydroxylation is 2. The summed E-state index contributed by atoms with van der Waals surface area (Å²) in [5.41, 5.74) is 2.15. The van der Waals surface area contributed by atoms with E-state index in [0.717, 1.165) is 5.56 Å². The molecular formula is C12H14BrN3O2S. The van der Waals surface area contributed by atoms with Crippen LogP contribution in [-0.4, -0.2) is 18.2 Å². The van der Waals surface area contributed by atoms with Crippen LogP contribution in [0.25, 0.3) is 0 Å². The summed E-state index contributed by atoms with van der Waals surface area (Å²) in [6.07, 6.45) is 1.35. The Morgan fingerprint density at radius 2 is 2.00 bits per heavy atom. The zero-order chi connectivity index (χ0) is 14.2. The van der Waals surface area contributed by atoms with Crippen molar-refractivity contribution in [3.05, 3.63) is 40.1 Å². The van der Waals surface area contributed by atoms with Crippen LogP contribution < -0.4 is 4.72 Å². The fourth-order valence-corrected chi connectivity index (χ4v) is 3.65. The van der Waals surface area contributed by atoms with Gasteiger partial charge in [0.25, 0.3) is 10.0 Å². The first-order valence-electron chi connectivity index (χ1n) is 5.59. The summed E-state index contributed by atoms with van der Waals surface area (Å²) in [5.74, 6) is 0. The van der Waals surface area contributed by atoms with Crippen LogP contribution in [0, 0.1) is 13.8 Å². The van der Waals surface area contributed by atoms with E-state index in [-0.39, 0.29) is 4.90 Å². The Balaban J connectivity index is 2.39. The molecule has 0 aliphatic heterocycles. The third-order valence-electron chi connectivity index (χ3n) is 2.85. The van der Waals surface area contributed by atoms with Gasteiger partial charge in [-0.25, -0.2) is 8.42 Å². The molecule has 7 heteroatoms. The second-order valence-corrected chi connectivity index (χ2v) is 6.81. The zero-order valence-electron chi connectivity index (χ0n) is 10.8. The van der Waals surface area contributed by atoms with Crippen molar-refractivity contribution in [2.75, 3.05) is 4.72 Å². The van der Waals surface area contributed by atoms with Crippen molar-refractivity contribution >= 4 is 31.6 Å². The van der Waals surface area contributed by atoms with Crippen LogP contribution in [-0.2, 0) is 17.1 Å². The normalized spacial score (nSPS) is 11.6. The van der Waals surface area contributed by atoms with Gasteiger partial charge >= 0.3 is 0 Å². The Morgan fingerprint density at radius 1 is 1.32 bits per heavy atom. The Hall–Kier alpha value is -1.34. The molecule has 0 aliphatic carbocycles. The highest BCUT2D eigenvalue weighted by molar-refractivity contribution is 9.10. The van der Waals surface area contributed by atoms with Crippen LogP contribution in [0.2, 0.25) is 0 Å². The maximum Gasteiger partial charge on any atom is 0.265 e. The average molecular weight is 344 g/mol. The summed E-state index contributed by atoms with van der Waals surface area (Å²) in [4.78, 5) is 0.183. The molecule has 0 bridgehead atoms. The van der Waals surface area contributed by atoms with Crippen molar-refractivity contribution < 1.29 is 8.42 Å². The lowest BCUT2D eigenvalue weighted by Crippen LogP contribution is -2.14.